The Morgan fingerprint density at radius 2 is 1.96 bits per heavy atom. The van der Waals surface area contributed by atoms with Crippen molar-refractivity contribution in [3.63, 3.8) is 0 Å². The minimum atomic E-state index is -0.396. The lowest BCUT2D eigenvalue weighted by atomic mass is 10.2. The van der Waals surface area contributed by atoms with Gasteiger partial charge in [0.15, 0.2) is 17.3 Å². The van der Waals surface area contributed by atoms with Crippen molar-refractivity contribution >= 4 is 29.0 Å². The van der Waals surface area contributed by atoms with Crippen LogP contribution in [0.3, 0.4) is 0 Å². The van der Waals surface area contributed by atoms with Gasteiger partial charge in [-0.15, -0.1) is 11.3 Å². The predicted molar refractivity (Wildman–Crippen MR) is 102 cm³/mol. The van der Waals surface area contributed by atoms with Crippen molar-refractivity contribution in [3.05, 3.63) is 47.3 Å². The molecule has 0 aliphatic carbocycles. The predicted octanol–water partition coefficient (Wildman–Crippen LogP) is 2.52. The van der Waals surface area contributed by atoms with Crippen molar-refractivity contribution in [2.75, 3.05) is 26.1 Å². The molecule has 27 heavy (non-hydrogen) atoms. The van der Waals surface area contributed by atoms with Crippen LogP contribution in [0.2, 0.25) is 0 Å². The van der Waals surface area contributed by atoms with Crippen LogP contribution in [0.25, 0.3) is 10.6 Å². The van der Waals surface area contributed by atoms with Gasteiger partial charge in [0.1, 0.15) is 0 Å². The van der Waals surface area contributed by atoms with Gasteiger partial charge >= 0.3 is 0 Å². The second kappa shape index (κ2) is 8.37. The molecule has 0 aliphatic rings. The Labute approximate surface area is 159 Å². The van der Waals surface area contributed by atoms with Crippen molar-refractivity contribution in [1.82, 2.24) is 15.5 Å². The van der Waals surface area contributed by atoms with Crippen molar-refractivity contribution < 1.29 is 19.1 Å². The average molecular weight is 386 g/mol. The Bertz CT molecular complexity index is 937. The minimum absolute atomic E-state index is 0.186. The molecule has 2 heterocycles. The van der Waals surface area contributed by atoms with Crippen LogP contribution in [0.4, 0.5) is 5.82 Å². The van der Waals surface area contributed by atoms with Crippen LogP contribution in [0.15, 0.2) is 41.8 Å². The standard InChI is InChI=1S/C18H18N4O4S/c1-25-13-6-5-11(8-14(13)26-2)18(24)19-10-17(23)20-16-9-12(21-22-16)15-4-3-7-27-15/h3-9H,10H2,1-2H3,(H,19,24)(H2,20,21,22,23). The van der Waals surface area contributed by atoms with Crippen LogP contribution in [0.1, 0.15) is 10.4 Å². The number of aromatic amines is 1. The number of methoxy groups -OCH3 is 2. The number of nitrogens with one attached hydrogen (secondary N) is 3. The number of carbonyl (C=O) groups is 2. The number of aromatic nitrogens is 2. The van der Waals surface area contributed by atoms with E-state index in [1.54, 1.807) is 35.6 Å². The molecular weight excluding hydrogens is 368 g/mol. The summed E-state index contributed by atoms with van der Waals surface area (Å²) >= 11 is 1.57. The monoisotopic (exact) mass is 386 g/mol. The Morgan fingerprint density at radius 1 is 1.15 bits per heavy atom. The molecule has 0 atom stereocenters. The van der Waals surface area contributed by atoms with Gasteiger partial charge in [0.25, 0.3) is 5.91 Å². The van der Waals surface area contributed by atoms with E-state index in [1.807, 2.05) is 17.5 Å². The highest BCUT2D eigenvalue weighted by Gasteiger charge is 2.13. The molecule has 0 bridgehead atoms. The van der Waals surface area contributed by atoms with Gasteiger partial charge in [-0.3, -0.25) is 14.7 Å². The number of anilines is 1. The van der Waals surface area contributed by atoms with Crippen LogP contribution < -0.4 is 20.1 Å². The van der Waals surface area contributed by atoms with E-state index in [1.165, 1.54) is 14.2 Å². The largest absolute Gasteiger partial charge is 0.493 e. The van der Waals surface area contributed by atoms with Crippen molar-refractivity contribution in [3.8, 4) is 22.1 Å². The van der Waals surface area contributed by atoms with Gasteiger partial charge in [-0.05, 0) is 29.6 Å². The topological polar surface area (TPSA) is 105 Å². The molecule has 0 unspecified atom stereocenters. The second-order valence-electron chi connectivity index (χ2n) is 5.44. The molecule has 0 aliphatic heterocycles. The third-order valence-corrected chi connectivity index (χ3v) is 4.59. The molecule has 0 saturated heterocycles. The Balaban J connectivity index is 1.55. The number of carbonyl (C=O) groups excluding carboxylic acids is 2. The van der Waals surface area contributed by atoms with Gasteiger partial charge < -0.3 is 20.1 Å². The Hall–Kier alpha value is -3.33. The molecule has 2 aromatic heterocycles. The first-order valence-electron chi connectivity index (χ1n) is 8.00. The zero-order valence-corrected chi connectivity index (χ0v) is 15.6. The van der Waals surface area contributed by atoms with E-state index in [0.29, 0.717) is 22.9 Å². The lowest BCUT2D eigenvalue weighted by Gasteiger charge is -2.10. The fraction of sp³-hybridized carbons (Fsp3) is 0.167. The Morgan fingerprint density at radius 3 is 2.67 bits per heavy atom. The molecular formula is C18H18N4O4S. The van der Waals surface area contributed by atoms with E-state index in [0.717, 1.165) is 10.6 Å². The number of thiophene rings is 1. The van der Waals surface area contributed by atoms with Crippen molar-refractivity contribution in [2.24, 2.45) is 0 Å². The minimum Gasteiger partial charge on any atom is -0.493 e. The highest BCUT2D eigenvalue weighted by molar-refractivity contribution is 7.13. The number of benzene rings is 1. The quantitative estimate of drug-likeness (QED) is 0.579. The summed E-state index contributed by atoms with van der Waals surface area (Å²) in [6.07, 6.45) is 0. The summed E-state index contributed by atoms with van der Waals surface area (Å²) in [5.74, 6) is 0.573. The fourth-order valence-electron chi connectivity index (χ4n) is 2.37. The number of hydrogen-bond acceptors (Lipinski definition) is 6. The maximum absolute atomic E-state index is 12.2. The van der Waals surface area contributed by atoms with Gasteiger partial charge in [0.2, 0.25) is 5.91 Å². The van der Waals surface area contributed by atoms with Gasteiger partial charge in [0.05, 0.1) is 31.3 Å². The summed E-state index contributed by atoms with van der Waals surface area (Å²) in [5.41, 5.74) is 1.18. The molecule has 0 radical (unpaired) electrons. The second-order valence-corrected chi connectivity index (χ2v) is 6.39. The maximum atomic E-state index is 12.2. The van der Waals surface area contributed by atoms with Gasteiger partial charge in [-0.2, -0.15) is 5.10 Å². The van der Waals surface area contributed by atoms with Gasteiger partial charge in [-0.25, -0.2) is 0 Å². The van der Waals surface area contributed by atoms with Gasteiger partial charge in [0, 0.05) is 11.6 Å². The molecule has 0 fully saturated rings. The summed E-state index contributed by atoms with van der Waals surface area (Å²) < 4.78 is 10.3. The Kier molecular flexibility index (Phi) is 5.72. The summed E-state index contributed by atoms with van der Waals surface area (Å²) in [6.45, 7) is -0.186. The SMILES string of the molecule is COc1ccc(C(=O)NCC(=O)Nc2cc(-c3cccs3)[nH]n2)cc1OC. The molecule has 8 nitrogen and oxygen atoms in total. The van der Waals surface area contributed by atoms with Crippen molar-refractivity contribution in [2.45, 2.75) is 0 Å². The lowest BCUT2D eigenvalue weighted by molar-refractivity contribution is -0.115. The van der Waals surface area contributed by atoms with E-state index in [2.05, 4.69) is 20.8 Å². The van der Waals surface area contributed by atoms with Crippen molar-refractivity contribution in [1.29, 1.82) is 0 Å². The smallest absolute Gasteiger partial charge is 0.251 e. The number of ether oxygens (including phenoxy) is 2. The first-order chi connectivity index (χ1) is 13.1. The molecule has 3 N–H and O–H groups in total. The average Bonchev–Trinajstić information content (AvgIpc) is 3.37. The molecule has 0 saturated carbocycles. The fourth-order valence-corrected chi connectivity index (χ4v) is 3.06. The number of H-pyrrole nitrogens is 1. The van der Waals surface area contributed by atoms with Crippen LogP contribution in [0.5, 0.6) is 11.5 Å². The zero-order valence-electron chi connectivity index (χ0n) is 14.7. The van der Waals surface area contributed by atoms with Gasteiger partial charge in [-0.1, -0.05) is 6.07 Å². The zero-order chi connectivity index (χ0) is 19.2. The van der Waals surface area contributed by atoms with E-state index < -0.39 is 5.91 Å². The maximum Gasteiger partial charge on any atom is 0.251 e. The number of amides is 2. The van der Waals surface area contributed by atoms with Crippen LogP contribution in [0, 0.1) is 0 Å². The third kappa shape index (κ3) is 4.45. The van der Waals surface area contributed by atoms with Crippen LogP contribution >= 0.6 is 11.3 Å². The van der Waals surface area contributed by atoms with Crippen LogP contribution in [-0.2, 0) is 4.79 Å². The highest BCUT2D eigenvalue weighted by atomic mass is 32.1. The molecule has 3 aromatic rings. The molecule has 140 valence electrons. The number of nitrogens with zero attached hydrogens (tertiary/aromatic N) is 1. The molecule has 0 spiro atoms. The van der Waals surface area contributed by atoms with E-state index in [-0.39, 0.29) is 12.5 Å². The molecule has 3 rings (SSSR count). The highest BCUT2D eigenvalue weighted by Crippen LogP contribution is 2.27. The third-order valence-electron chi connectivity index (χ3n) is 3.69. The molecule has 2 amide bonds. The summed E-state index contributed by atoms with van der Waals surface area (Å²) in [7, 11) is 3.00. The normalized spacial score (nSPS) is 10.3. The number of rotatable bonds is 7. The molecule has 9 heteroatoms. The summed E-state index contributed by atoms with van der Waals surface area (Å²) in [6, 6.07) is 10.4. The first kappa shape index (κ1) is 18.5. The number of hydrogen-bond donors (Lipinski definition) is 3. The van der Waals surface area contributed by atoms with E-state index >= 15 is 0 Å². The molecule has 1 aromatic carbocycles. The summed E-state index contributed by atoms with van der Waals surface area (Å²) in [4.78, 5) is 25.3. The van der Waals surface area contributed by atoms with Crippen LogP contribution in [-0.4, -0.2) is 42.8 Å². The van der Waals surface area contributed by atoms with E-state index in [4.69, 9.17) is 9.47 Å². The van der Waals surface area contributed by atoms with E-state index in [9.17, 15) is 9.59 Å². The first-order valence-corrected chi connectivity index (χ1v) is 8.88. The summed E-state index contributed by atoms with van der Waals surface area (Å²) in [5, 5.41) is 14.1. The lowest BCUT2D eigenvalue weighted by Crippen LogP contribution is -2.32.